The van der Waals surface area contributed by atoms with Gasteiger partial charge in [0.1, 0.15) is 5.75 Å². The number of amides is 1. The molecule has 1 fully saturated rings. The third-order valence-electron chi connectivity index (χ3n) is 4.04. The summed E-state index contributed by atoms with van der Waals surface area (Å²) in [5.41, 5.74) is 0.689. The van der Waals surface area contributed by atoms with Crippen LogP contribution in [-0.2, 0) is 10.3 Å². The number of benzene rings is 1. The number of ether oxygens (including phenoxy) is 1. The third-order valence-corrected chi connectivity index (χ3v) is 5.17. The lowest BCUT2D eigenvalue weighted by Crippen LogP contribution is -2.46. The van der Waals surface area contributed by atoms with E-state index in [1.54, 1.807) is 0 Å². The molecule has 0 spiro atoms. The van der Waals surface area contributed by atoms with Gasteiger partial charge in [-0.1, -0.05) is 26.0 Å². The van der Waals surface area contributed by atoms with Crippen molar-refractivity contribution < 1.29 is 9.53 Å². The summed E-state index contributed by atoms with van der Waals surface area (Å²) < 4.78 is 5.72. The van der Waals surface area contributed by atoms with Gasteiger partial charge in [-0.05, 0) is 37.5 Å². The summed E-state index contributed by atoms with van der Waals surface area (Å²) >= 11 is 1.91. The molecule has 2 rings (SSSR count). The molecule has 1 aromatic carbocycles. The Balaban J connectivity index is 0.00000312. The van der Waals surface area contributed by atoms with Gasteiger partial charge in [0.25, 0.3) is 0 Å². The van der Waals surface area contributed by atoms with E-state index < -0.39 is 5.54 Å². The second kappa shape index (κ2) is 10.3. The Morgan fingerprint density at radius 1 is 1.36 bits per heavy atom. The van der Waals surface area contributed by atoms with Gasteiger partial charge in [-0.15, -0.1) is 12.4 Å². The maximum atomic E-state index is 12.4. The molecule has 25 heavy (non-hydrogen) atoms. The first-order chi connectivity index (χ1) is 11.4. The largest absolute Gasteiger partial charge is 0.493 e. The third kappa shape index (κ3) is 7.47. The van der Waals surface area contributed by atoms with Crippen LogP contribution < -0.4 is 15.4 Å². The van der Waals surface area contributed by atoms with Crippen LogP contribution in [0, 0.1) is 5.92 Å². The predicted molar refractivity (Wildman–Crippen MR) is 109 cm³/mol. The highest BCUT2D eigenvalue weighted by molar-refractivity contribution is 7.99. The molecule has 1 aliphatic heterocycles. The van der Waals surface area contributed by atoms with Gasteiger partial charge >= 0.3 is 0 Å². The van der Waals surface area contributed by atoms with E-state index in [1.807, 2.05) is 49.9 Å². The molecule has 0 radical (unpaired) electrons. The van der Waals surface area contributed by atoms with E-state index in [1.165, 1.54) is 0 Å². The van der Waals surface area contributed by atoms with Crippen LogP contribution >= 0.6 is 24.2 Å². The molecule has 6 heteroatoms. The molecule has 0 aromatic heterocycles. The van der Waals surface area contributed by atoms with Crippen molar-refractivity contribution in [3.05, 3.63) is 29.8 Å². The fourth-order valence-electron chi connectivity index (χ4n) is 2.68. The number of carbonyl (C=O) groups excluding carboxylic acids is 1. The molecule has 1 aliphatic rings. The second-order valence-electron chi connectivity index (χ2n) is 7.33. The first kappa shape index (κ1) is 22.1. The lowest BCUT2D eigenvalue weighted by molar-refractivity contribution is -0.123. The summed E-state index contributed by atoms with van der Waals surface area (Å²) in [4.78, 5) is 12.4. The van der Waals surface area contributed by atoms with Crippen LogP contribution in [0.1, 0.15) is 39.7 Å². The Labute approximate surface area is 162 Å². The summed E-state index contributed by atoms with van der Waals surface area (Å²) in [6.07, 6.45) is 0.534. The van der Waals surface area contributed by atoms with Crippen LogP contribution in [0.25, 0.3) is 0 Å². The van der Waals surface area contributed by atoms with Crippen molar-refractivity contribution in [3.63, 3.8) is 0 Å². The Hall–Kier alpha value is -0.910. The van der Waals surface area contributed by atoms with Crippen LogP contribution in [0.3, 0.4) is 0 Å². The summed E-state index contributed by atoms with van der Waals surface area (Å²) in [7, 11) is 0. The zero-order valence-corrected chi connectivity index (χ0v) is 17.3. The molecular weight excluding hydrogens is 356 g/mol. The highest BCUT2D eigenvalue weighted by Gasteiger charge is 2.25. The Morgan fingerprint density at radius 3 is 2.60 bits per heavy atom. The van der Waals surface area contributed by atoms with E-state index in [9.17, 15) is 4.79 Å². The number of nitrogens with one attached hydrogen (secondary N) is 2. The number of carbonyl (C=O) groups is 1. The highest BCUT2D eigenvalue weighted by Crippen LogP contribution is 2.23. The molecule has 1 saturated heterocycles. The summed E-state index contributed by atoms with van der Waals surface area (Å²) in [5, 5.41) is 6.57. The van der Waals surface area contributed by atoms with E-state index in [4.69, 9.17) is 4.74 Å². The molecule has 142 valence electrons. The van der Waals surface area contributed by atoms with Crippen molar-refractivity contribution >= 4 is 30.1 Å². The smallest absolute Gasteiger partial charge is 0.222 e. The lowest BCUT2D eigenvalue weighted by atomic mass is 9.94. The van der Waals surface area contributed by atoms with Crippen LogP contribution in [0.2, 0.25) is 0 Å². The molecule has 1 atom stereocenters. The van der Waals surface area contributed by atoms with Gasteiger partial charge in [0, 0.05) is 30.5 Å². The van der Waals surface area contributed by atoms with Crippen molar-refractivity contribution in [1.82, 2.24) is 10.6 Å². The van der Waals surface area contributed by atoms with Crippen molar-refractivity contribution in [2.75, 3.05) is 24.7 Å². The predicted octanol–water partition coefficient (Wildman–Crippen LogP) is 3.59. The molecule has 1 amide bonds. The van der Waals surface area contributed by atoms with Gasteiger partial charge in [0.05, 0.1) is 12.1 Å². The van der Waals surface area contributed by atoms with E-state index >= 15 is 0 Å². The van der Waals surface area contributed by atoms with Crippen LogP contribution in [0.4, 0.5) is 0 Å². The van der Waals surface area contributed by atoms with Gasteiger partial charge in [0.15, 0.2) is 0 Å². The van der Waals surface area contributed by atoms with Gasteiger partial charge in [0.2, 0.25) is 5.91 Å². The van der Waals surface area contributed by atoms with E-state index in [-0.39, 0.29) is 24.4 Å². The number of hydrogen-bond acceptors (Lipinski definition) is 4. The molecule has 1 heterocycles. The number of halogens is 1. The van der Waals surface area contributed by atoms with Crippen molar-refractivity contribution in [2.24, 2.45) is 5.92 Å². The van der Waals surface area contributed by atoms with Crippen LogP contribution in [0.5, 0.6) is 5.75 Å². The number of rotatable bonds is 7. The van der Waals surface area contributed by atoms with Crippen molar-refractivity contribution in [3.8, 4) is 5.75 Å². The topological polar surface area (TPSA) is 50.4 Å². The molecule has 1 unspecified atom stereocenters. The first-order valence-corrected chi connectivity index (χ1v) is 9.88. The minimum Gasteiger partial charge on any atom is -0.493 e. The SMILES string of the molecule is CC(C)COc1ccc(C(C)(C)NC(=O)CC2CSCCN2)cc1.Cl. The summed E-state index contributed by atoms with van der Waals surface area (Å²) in [6.45, 7) is 10.0. The van der Waals surface area contributed by atoms with E-state index in [0.29, 0.717) is 18.9 Å². The second-order valence-corrected chi connectivity index (χ2v) is 8.48. The summed E-state index contributed by atoms with van der Waals surface area (Å²) in [6, 6.07) is 8.30. The fourth-order valence-corrected chi connectivity index (χ4v) is 3.63. The first-order valence-electron chi connectivity index (χ1n) is 8.72. The average molecular weight is 387 g/mol. The molecule has 0 bridgehead atoms. The molecule has 0 saturated carbocycles. The Bertz CT molecular complexity index is 529. The molecular formula is C19H31ClN2O2S. The van der Waals surface area contributed by atoms with Crippen LogP contribution in [0.15, 0.2) is 24.3 Å². The maximum absolute atomic E-state index is 12.4. The quantitative estimate of drug-likeness (QED) is 0.751. The minimum absolute atomic E-state index is 0. The standard InChI is InChI=1S/C19H30N2O2S.ClH/c1-14(2)12-23-17-7-5-15(6-8-17)19(3,4)21-18(22)11-16-13-24-10-9-20-16;/h5-8,14,16,20H,9-13H2,1-4H3,(H,21,22);1H. The fraction of sp³-hybridized carbons (Fsp3) is 0.632. The zero-order valence-electron chi connectivity index (χ0n) is 15.6. The van der Waals surface area contributed by atoms with Crippen molar-refractivity contribution in [2.45, 2.75) is 45.7 Å². The zero-order chi connectivity index (χ0) is 17.6. The number of thioether (sulfide) groups is 1. The lowest BCUT2D eigenvalue weighted by Gasteiger charge is -2.29. The highest BCUT2D eigenvalue weighted by atomic mass is 35.5. The Morgan fingerprint density at radius 2 is 2.04 bits per heavy atom. The van der Waals surface area contributed by atoms with Gasteiger partial charge < -0.3 is 15.4 Å². The van der Waals surface area contributed by atoms with Gasteiger partial charge in [-0.3, -0.25) is 4.79 Å². The normalized spacial score (nSPS) is 17.7. The summed E-state index contributed by atoms with van der Waals surface area (Å²) in [5.74, 6) is 3.62. The maximum Gasteiger partial charge on any atom is 0.222 e. The van der Waals surface area contributed by atoms with Gasteiger partial charge in [-0.25, -0.2) is 0 Å². The molecule has 2 N–H and O–H groups in total. The average Bonchev–Trinajstić information content (AvgIpc) is 2.53. The Kier molecular flexibility index (Phi) is 9.11. The number of hydrogen-bond donors (Lipinski definition) is 2. The van der Waals surface area contributed by atoms with E-state index in [2.05, 4.69) is 24.5 Å². The molecule has 0 aliphatic carbocycles. The minimum atomic E-state index is -0.393. The van der Waals surface area contributed by atoms with Crippen LogP contribution in [-0.4, -0.2) is 36.6 Å². The molecule has 1 aromatic rings. The van der Waals surface area contributed by atoms with Gasteiger partial charge in [-0.2, -0.15) is 11.8 Å². The molecule has 4 nitrogen and oxygen atoms in total. The van der Waals surface area contributed by atoms with E-state index in [0.717, 1.165) is 29.4 Å². The van der Waals surface area contributed by atoms with Crippen molar-refractivity contribution in [1.29, 1.82) is 0 Å². The monoisotopic (exact) mass is 386 g/mol.